The molecule has 174 valence electrons. The largest absolute Gasteiger partial charge is 0.362 e. The molecule has 0 saturated carbocycles. The lowest BCUT2D eigenvalue weighted by Crippen LogP contribution is -2.16. The summed E-state index contributed by atoms with van der Waals surface area (Å²) in [6, 6.07) is 5.10. The van der Waals surface area contributed by atoms with Crippen LogP contribution in [0, 0.1) is 5.82 Å². The number of pyridine rings is 1. The van der Waals surface area contributed by atoms with Gasteiger partial charge in [0.1, 0.15) is 22.5 Å². The smallest absolute Gasteiger partial charge is 0.157 e. The Morgan fingerprint density at radius 2 is 2.09 bits per heavy atom. The molecule has 4 aromatic rings. The first kappa shape index (κ1) is 23.0. The molecule has 0 saturated heterocycles. The Morgan fingerprint density at radius 1 is 1.18 bits per heavy atom. The van der Waals surface area contributed by atoms with Crippen molar-refractivity contribution >= 4 is 61.7 Å². The topological polar surface area (TPSA) is 88.0 Å². The first-order valence-corrected chi connectivity index (χ1v) is 12.7. The lowest BCUT2D eigenvalue weighted by atomic mass is 10.1. The van der Waals surface area contributed by atoms with Gasteiger partial charge < -0.3 is 10.6 Å². The maximum Gasteiger partial charge on any atom is 0.157 e. The summed E-state index contributed by atoms with van der Waals surface area (Å²) in [5.74, 6) is 0.218. The molecule has 1 aliphatic heterocycles. The van der Waals surface area contributed by atoms with E-state index in [0.717, 1.165) is 44.8 Å². The number of hydrogen-bond donors (Lipinski definition) is 2. The molecular formula is C23H21ClFN7S2. The van der Waals surface area contributed by atoms with Gasteiger partial charge in [-0.15, -0.1) is 11.3 Å². The summed E-state index contributed by atoms with van der Waals surface area (Å²) in [7, 11) is 0. The molecule has 2 N–H and O–H groups in total. The van der Waals surface area contributed by atoms with Crippen LogP contribution in [0.2, 0.25) is 4.34 Å². The predicted molar refractivity (Wildman–Crippen MR) is 137 cm³/mol. The average Bonchev–Trinajstić information content (AvgIpc) is 3.54. The standard InChI is InChI=1S/C23H21ClFN7S2/c1-13-7-14(10-28-13)18-8-15(21(24)33-18)9-26-6-4-19-32-20-22(30-12-31-23(20)34-19)29-11-17-16(25)3-2-5-27-17/h2-3,5,8,10,12,26H,4,6-7,9,11H2,1H3,(H,29,30,31). The quantitative estimate of drug-likeness (QED) is 0.288. The van der Waals surface area contributed by atoms with Gasteiger partial charge in [-0.25, -0.2) is 19.3 Å². The molecule has 0 aromatic carbocycles. The average molecular weight is 514 g/mol. The van der Waals surface area contributed by atoms with Gasteiger partial charge in [0.25, 0.3) is 0 Å². The van der Waals surface area contributed by atoms with E-state index in [1.54, 1.807) is 23.6 Å². The summed E-state index contributed by atoms with van der Waals surface area (Å²) in [6.45, 7) is 3.70. The first-order valence-electron chi connectivity index (χ1n) is 10.7. The van der Waals surface area contributed by atoms with E-state index in [0.29, 0.717) is 23.6 Å². The van der Waals surface area contributed by atoms with Crippen LogP contribution >= 0.6 is 34.3 Å². The van der Waals surface area contributed by atoms with Crippen molar-refractivity contribution in [2.45, 2.75) is 32.9 Å². The molecule has 5 rings (SSSR count). The van der Waals surface area contributed by atoms with Gasteiger partial charge in [0.2, 0.25) is 0 Å². The second-order valence-corrected chi connectivity index (χ2v) is 10.5. The Balaban J connectivity index is 1.17. The summed E-state index contributed by atoms with van der Waals surface area (Å²) >= 11 is 9.59. The molecule has 0 spiro atoms. The molecule has 11 heteroatoms. The summed E-state index contributed by atoms with van der Waals surface area (Å²) in [4.78, 5) is 23.7. The van der Waals surface area contributed by atoms with Gasteiger partial charge in [-0.1, -0.05) is 22.9 Å². The molecule has 0 radical (unpaired) electrons. The highest BCUT2D eigenvalue weighted by atomic mass is 35.5. The van der Waals surface area contributed by atoms with Crippen molar-refractivity contribution in [1.82, 2.24) is 25.3 Å². The molecule has 34 heavy (non-hydrogen) atoms. The maximum absolute atomic E-state index is 13.9. The number of nitrogens with zero attached hydrogens (tertiary/aromatic N) is 5. The van der Waals surface area contributed by atoms with E-state index in [9.17, 15) is 4.39 Å². The zero-order chi connectivity index (χ0) is 23.5. The van der Waals surface area contributed by atoms with Gasteiger partial charge >= 0.3 is 0 Å². The number of allylic oxidation sites excluding steroid dienone is 1. The number of anilines is 1. The second kappa shape index (κ2) is 10.2. The summed E-state index contributed by atoms with van der Waals surface area (Å²) in [5, 5.41) is 7.54. The minimum absolute atomic E-state index is 0.221. The van der Waals surface area contributed by atoms with E-state index in [-0.39, 0.29) is 12.4 Å². The number of thiazole rings is 1. The van der Waals surface area contributed by atoms with Crippen molar-refractivity contribution in [3.05, 3.63) is 68.2 Å². The van der Waals surface area contributed by atoms with Crippen LogP contribution in [0.3, 0.4) is 0 Å². The molecule has 1 aliphatic rings. The van der Waals surface area contributed by atoms with Crippen LogP contribution in [-0.4, -0.2) is 32.2 Å². The third kappa shape index (κ3) is 5.15. The highest BCUT2D eigenvalue weighted by molar-refractivity contribution is 7.18. The number of aromatic nitrogens is 4. The number of fused-ring (bicyclic) bond motifs is 1. The second-order valence-electron chi connectivity index (χ2n) is 7.80. The van der Waals surface area contributed by atoms with Crippen molar-refractivity contribution in [2.75, 3.05) is 11.9 Å². The van der Waals surface area contributed by atoms with Gasteiger partial charge in [-0.3, -0.25) is 9.98 Å². The van der Waals surface area contributed by atoms with Crippen LogP contribution in [0.4, 0.5) is 10.2 Å². The molecule has 0 bridgehead atoms. The molecule has 7 nitrogen and oxygen atoms in total. The Labute approximate surface area is 208 Å². The summed E-state index contributed by atoms with van der Waals surface area (Å²) in [5.41, 5.74) is 4.46. The fourth-order valence-electron chi connectivity index (χ4n) is 3.56. The van der Waals surface area contributed by atoms with E-state index in [1.807, 2.05) is 13.1 Å². The van der Waals surface area contributed by atoms with Crippen LogP contribution in [-0.2, 0) is 19.5 Å². The molecule has 0 aliphatic carbocycles. The van der Waals surface area contributed by atoms with E-state index < -0.39 is 0 Å². The Bertz CT molecular complexity index is 1400. The maximum atomic E-state index is 13.9. The summed E-state index contributed by atoms with van der Waals surface area (Å²) in [6.07, 6.45) is 6.62. The number of thiophene rings is 1. The van der Waals surface area contributed by atoms with Crippen molar-refractivity contribution < 1.29 is 4.39 Å². The number of aliphatic imine (C=N–C) groups is 1. The van der Waals surface area contributed by atoms with Gasteiger partial charge in [0.15, 0.2) is 5.82 Å². The Hall–Kier alpha value is -2.79. The van der Waals surface area contributed by atoms with Gasteiger partial charge in [-0.2, -0.15) is 0 Å². The summed E-state index contributed by atoms with van der Waals surface area (Å²) < 4.78 is 14.7. The lowest BCUT2D eigenvalue weighted by molar-refractivity contribution is 0.602. The van der Waals surface area contributed by atoms with Gasteiger partial charge in [0.05, 0.1) is 21.6 Å². The number of nitrogens with one attached hydrogen (secondary N) is 2. The Kier molecular flexibility index (Phi) is 6.91. The third-order valence-electron chi connectivity index (χ3n) is 5.29. The number of rotatable bonds is 9. The SMILES string of the molecule is CC1=NC=C(c2cc(CNCCc3nc4c(NCc5ncccc5F)ncnc4s3)c(Cl)s2)C1. The van der Waals surface area contributed by atoms with Crippen molar-refractivity contribution in [3.8, 4) is 0 Å². The first-order chi connectivity index (χ1) is 16.6. The van der Waals surface area contributed by atoms with Gasteiger partial charge in [0, 0.05) is 48.9 Å². The monoisotopic (exact) mass is 513 g/mol. The molecule has 0 unspecified atom stereocenters. The molecule has 0 atom stereocenters. The van der Waals surface area contributed by atoms with E-state index in [2.05, 4.69) is 36.6 Å². The fraction of sp³-hybridized carbons (Fsp3) is 0.261. The zero-order valence-corrected chi connectivity index (χ0v) is 20.7. The van der Waals surface area contributed by atoms with Crippen LogP contribution in [0.1, 0.15) is 34.5 Å². The van der Waals surface area contributed by atoms with E-state index in [4.69, 9.17) is 16.6 Å². The number of halogens is 2. The minimum Gasteiger partial charge on any atom is -0.362 e. The molecule has 4 aromatic heterocycles. The van der Waals surface area contributed by atoms with Crippen molar-refractivity contribution in [2.24, 2.45) is 4.99 Å². The third-order valence-corrected chi connectivity index (χ3v) is 7.83. The molecule has 0 amide bonds. The van der Waals surface area contributed by atoms with Crippen LogP contribution in [0.25, 0.3) is 15.9 Å². The predicted octanol–water partition coefficient (Wildman–Crippen LogP) is 5.49. The van der Waals surface area contributed by atoms with Gasteiger partial charge in [-0.05, 0) is 36.3 Å². The lowest BCUT2D eigenvalue weighted by Gasteiger charge is -2.05. The van der Waals surface area contributed by atoms with E-state index >= 15 is 0 Å². The molecule has 5 heterocycles. The highest BCUT2D eigenvalue weighted by Crippen LogP contribution is 2.35. The normalized spacial score (nSPS) is 13.4. The van der Waals surface area contributed by atoms with Crippen LogP contribution in [0.15, 0.2) is 41.9 Å². The number of hydrogen-bond acceptors (Lipinski definition) is 9. The van der Waals surface area contributed by atoms with Crippen LogP contribution < -0.4 is 10.6 Å². The Morgan fingerprint density at radius 3 is 2.91 bits per heavy atom. The van der Waals surface area contributed by atoms with Crippen molar-refractivity contribution in [3.63, 3.8) is 0 Å². The molecule has 0 fully saturated rings. The fourth-order valence-corrected chi connectivity index (χ4v) is 5.75. The van der Waals surface area contributed by atoms with E-state index in [1.165, 1.54) is 34.2 Å². The van der Waals surface area contributed by atoms with Crippen molar-refractivity contribution in [1.29, 1.82) is 0 Å². The molecular weight excluding hydrogens is 493 g/mol. The van der Waals surface area contributed by atoms with Crippen LogP contribution in [0.5, 0.6) is 0 Å². The zero-order valence-electron chi connectivity index (χ0n) is 18.3. The minimum atomic E-state index is -0.355. The highest BCUT2D eigenvalue weighted by Gasteiger charge is 2.15.